The van der Waals surface area contributed by atoms with Crippen molar-refractivity contribution in [3.05, 3.63) is 59.7 Å². The summed E-state index contributed by atoms with van der Waals surface area (Å²) in [4.78, 5) is 7.69. The molecule has 4 rings (SSSR count). The number of pyridine rings is 1. The summed E-state index contributed by atoms with van der Waals surface area (Å²) in [6.45, 7) is 2.45. The van der Waals surface area contributed by atoms with Gasteiger partial charge in [-0.3, -0.25) is 4.98 Å². The number of benzene rings is 1. The number of aromatic amines is 1. The van der Waals surface area contributed by atoms with Crippen LogP contribution in [0.25, 0.3) is 11.0 Å². The fraction of sp³-hybridized carbons (Fsp3) is 0.316. The average molecular weight is 373 g/mol. The molecule has 1 aromatic carbocycles. The molecule has 0 aliphatic carbocycles. The van der Waals surface area contributed by atoms with E-state index in [0.717, 1.165) is 35.6 Å². The highest BCUT2D eigenvalue weighted by molar-refractivity contribution is 7.89. The standard InChI is InChI=1S/C19H20FN3O2S/c1-13-6-7-15(10-16(13)20)26(24,25)23-9-3-4-14(12-23)18-11-19-17(22-18)5-2-8-21-19/h2,5-8,10-11,14,22H,3-4,9,12H2,1H3/t14-/m1/s1. The first-order valence-electron chi connectivity index (χ1n) is 8.65. The molecule has 136 valence electrons. The molecule has 0 unspecified atom stereocenters. The Morgan fingerprint density at radius 2 is 2.12 bits per heavy atom. The summed E-state index contributed by atoms with van der Waals surface area (Å²) in [6.07, 6.45) is 3.41. The Labute approximate surface area is 151 Å². The summed E-state index contributed by atoms with van der Waals surface area (Å²) >= 11 is 0. The number of hydrogen-bond donors (Lipinski definition) is 1. The molecule has 26 heavy (non-hydrogen) atoms. The van der Waals surface area contributed by atoms with E-state index in [2.05, 4.69) is 9.97 Å². The van der Waals surface area contributed by atoms with Gasteiger partial charge in [0, 0.05) is 30.9 Å². The predicted octanol–water partition coefficient (Wildman–Crippen LogP) is 3.58. The van der Waals surface area contributed by atoms with Gasteiger partial charge >= 0.3 is 0 Å². The van der Waals surface area contributed by atoms with Crippen LogP contribution in [0.5, 0.6) is 0 Å². The maximum absolute atomic E-state index is 13.8. The lowest BCUT2D eigenvalue weighted by Gasteiger charge is -2.31. The molecule has 1 aliphatic heterocycles. The third-order valence-electron chi connectivity index (χ3n) is 5.01. The summed E-state index contributed by atoms with van der Waals surface area (Å²) in [5, 5.41) is 0. The zero-order valence-corrected chi connectivity index (χ0v) is 15.3. The molecule has 1 N–H and O–H groups in total. The summed E-state index contributed by atoms with van der Waals surface area (Å²) in [5.41, 5.74) is 3.26. The number of fused-ring (bicyclic) bond motifs is 1. The Hall–Kier alpha value is -2.25. The number of nitrogens with zero attached hydrogens (tertiary/aromatic N) is 2. The lowest BCUT2D eigenvalue weighted by atomic mass is 9.96. The molecule has 0 saturated carbocycles. The maximum atomic E-state index is 13.8. The number of piperidine rings is 1. The van der Waals surface area contributed by atoms with Gasteiger partial charge in [0.2, 0.25) is 10.0 Å². The molecular weight excluding hydrogens is 353 g/mol. The van der Waals surface area contributed by atoms with Crippen molar-refractivity contribution in [3.63, 3.8) is 0 Å². The summed E-state index contributed by atoms with van der Waals surface area (Å²) < 4.78 is 41.2. The Morgan fingerprint density at radius 3 is 2.88 bits per heavy atom. The van der Waals surface area contributed by atoms with Crippen molar-refractivity contribution in [2.45, 2.75) is 30.6 Å². The van der Waals surface area contributed by atoms with E-state index in [1.807, 2.05) is 18.2 Å². The van der Waals surface area contributed by atoms with E-state index in [1.165, 1.54) is 16.4 Å². The molecular formula is C19H20FN3O2S. The molecule has 2 aromatic heterocycles. The molecule has 1 fully saturated rings. The lowest BCUT2D eigenvalue weighted by Crippen LogP contribution is -2.39. The van der Waals surface area contributed by atoms with Crippen molar-refractivity contribution >= 4 is 21.1 Å². The molecule has 3 aromatic rings. The van der Waals surface area contributed by atoms with Gasteiger partial charge in [-0.1, -0.05) is 6.07 Å². The van der Waals surface area contributed by atoms with Crippen LogP contribution in [0.4, 0.5) is 4.39 Å². The molecule has 1 aliphatic rings. The third-order valence-corrected chi connectivity index (χ3v) is 6.88. The van der Waals surface area contributed by atoms with Crippen molar-refractivity contribution in [1.82, 2.24) is 14.3 Å². The molecule has 0 bridgehead atoms. The summed E-state index contributed by atoms with van der Waals surface area (Å²) in [7, 11) is -3.71. The van der Waals surface area contributed by atoms with Crippen LogP contribution in [0.1, 0.15) is 30.0 Å². The zero-order valence-electron chi connectivity index (χ0n) is 14.4. The smallest absolute Gasteiger partial charge is 0.243 e. The van der Waals surface area contributed by atoms with Gasteiger partial charge in [0.1, 0.15) is 5.82 Å². The van der Waals surface area contributed by atoms with Crippen LogP contribution in [0.3, 0.4) is 0 Å². The van der Waals surface area contributed by atoms with Gasteiger partial charge < -0.3 is 4.98 Å². The fourth-order valence-corrected chi connectivity index (χ4v) is 5.03. The molecule has 1 saturated heterocycles. The van der Waals surface area contributed by atoms with E-state index < -0.39 is 15.8 Å². The van der Waals surface area contributed by atoms with E-state index in [9.17, 15) is 12.8 Å². The second-order valence-corrected chi connectivity index (χ2v) is 8.71. The van der Waals surface area contributed by atoms with Crippen LogP contribution >= 0.6 is 0 Å². The highest BCUT2D eigenvalue weighted by atomic mass is 32.2. The first-order valence-corrected chi connectivity index (χ1v) is 10.1. The largest absolute Gasteiger partial charge is 0.357 e. The topological polar surface area (TPSA) is 66.1 Å². The van der Waals surface area contributed by atoms with Gasteiger partial charge in [0.05, 0.1) is 15.9 Å². The van der Waals surface area contributed by atoms with Crippen molar-refractivity contribution in [2.24, 2.45) is 0 Å². The molecule has 5 nitrogen and oxygen atoms in total. The monoisotopic (exact) mass is 373 g/mol. The molecule has 0 radical (unpaired) electrons. The van der Waals surface area contributed by atoms with Gasteiger partial charge in [-0.05, 0) is 55.7 Å². The molecule has 7 heteroatoms. The Morgan fingerprint density at radius 1 is 1.27 bits per heavy atom. The van der Waals surface area contributed by atoms with Crippen molar-refractivity contribution in [3.8, 4) is 0 Å². The first kappa shape index (κ1) is 17.2. The van der Waals surface area contributed by atoms with E-state index in [4.69, 9.17) is 0 Å². The summed E-state index contributed by atoms with van der Waals surface area (Å²) in [5.74, 6) is -0.427. The van der Waals surface area contributed by atoms with Crippen molar-refractivity contribution in [2.75, 3.05) is 13.1 Å². The highest BCUT2D eigenvalue weighted by Gasteiger charge is 2.32. The molecule has 0 spiro atoms. The van der Waals surface area contributed by atoms with Gasteiger partial charge in [-0.25, -0.2) is 12.8 Å². The number of aromatic nitrogens is 2. The van der Waals surface area contributed by atoms with E-state index in [0.29, 0.717) is 18.7 Å². The van der Waals surface area contributed by atoms with E-state index >= 15 is 0 Å². The van der Waals surface area contributed by atoms with Gasteiger partial charge in [0.15, 0.2) is 0 Å². The number of hydrogen-bond acceptors (Lipinski definition) is 3. The zero-order chi connectivity index (χ0) is 18.3. The maximum Gasteiger partial charge on any atom is 0.243 e. The van der Waals surface area contributed by atoms with Gasteiger partial charge in [-0.2, -0.15) is 4.31 Å². The van der Waals surface area contributed by atoms with Crippen molar-refractivity contribution < 1.29 is 12.8 Å². The number of nitrogens with one attached hydrogen (secondary N) is 1. The minimum atomic E-state index is -3.71. The normalized spacial score (nSPS) is 19.1. The minimum absolute atomic E-state index is 0.0135. The quantitative estimate of drug-likeness (QED) is 0.763. The third kappa shape index (κ3) is 3.01. The Balaban J connectivity index is 1.62. The highest BCUT2D eigenvalue weighted by Crippen LogP contribution is 2.31. The van der Waals surface area contributed by atoms with Crippen LogP contribution in [-0.2, 0) is 10.0 Å². The minimum Gasteiger partial charge on any atom is -0.357 e. The van der Waals surface area contributed by atoms with Crippen LogP contribution in [0.2, 0.25) is 0 Å². The van der Waals surface area contributed by atoms with Gasteiger partial charge in [-0.15, -0.1) is 0 Å². The molecule has 1 atom stereocenters. The first-order chi connectivity index (χ1) is 12.4. The number of aryl methyl sites for hydroxylation is 1. The molecule has 3 heterocycles. The number of rotatable bonds is 3. The number of halogens is 1. The van der Waals surface area contributed by atoms with Crippen LogP contribution in [0, 0.1) is 12.7 Å². The predicted molar refractivity (Wildman–Crippen MR) is 98.0 cm³/mol. The Bertz CT molecular complexity index is 1030. The van der Waals surface area contributed by atoms with Crippen LogP contribution < -0.4 is 0 Å². The second kappa shape index (κ2) is 6.48. The van der Waals surface area contributed by atoms with Crippen LogP contribution in [-0.4, -0.2) is 35.8 Å². The van der Waals surface area contributed by atoms with Gasteiger partial charge in [0.25, 0.3) is 0 Å². The lowest BCUT2D eigenvalue weighted by molar-refractivity contribution is 0.313. The summed E-state index contributed by atoms with van der Waals surface area (Å²) in [6, 6.07) is 9.91. The molecule has 0 amide bonds. The Kier molecular flexibility index (Phi) is 4.28. The van der Waals surface area contributed by atoms with E-state index in [-0.39, 0.29) is 10.8 Å². The van der Waals surface area contributed by atoms with Crippen LogP contribution in [0.15, 0.2) is 47.5 Å². The SMILES string of the molecule is Cc1ccc(S(=O)(=O)N2CCC[C@@H](c3cc4ncccc4[nH]3)C2)cc1F. The number of sulfonamides is 1. The average Bonchev–Trinajstić information content (AvgIpc) is 3.08. The second-order valence-electron chi connectivity index (χ2n) is 6.77. The van der Waals surface area contributed by atoms with Crippen molar-refractivity contribution in [1.29, 1.82) is 0 Å². The fourth-order valence-electron chi connectivity index (χ4n) is 3.49. The number of H-pyrrole nitrogens is 1. The van der Waals surface area contributed by atoms with E-state index in [1.54, 1.807) is 13.1 Å².